The van der Waals surface area contributed by atoms with Crippen LogP contribution in [0.3, 0.4) is 0 Å². The summed E-state index contributed by atoms with van der Waals surface area (Å²) in [5, 5.41) is 6.40. The molecule has 0 spiro atoms. The van der Waals surface area contributed by atoms with E-state index < -0.39 is 23.9 Å². The van der Waals surface area contributed by atoms with Gasteiger partial charge in [-0.3, -0.25) is 9.59 Å². The largest absolute Gasteiger partial charge is 0.432 e. The molecule has 1 aromatic rings. The molecule has 0 saturated carbocycles. The molecule has 1 N–H and O–H groups in total. The zero-order chi connectivity index (χ0) is 16.7. The van der Waals surface area contributed by atoms with E-state index in [1.807, 2.05) is 30.3 Å². The molecule has 2 rings (SSSR count). The Morgan fingerprint density at radius 2 is 1.96 bits per heavy atom. The van der Waals surface area contributed by atoms with Crippen LogP contribution in [-0.2, 0) is 20.8 Å². The second kappa shape index (κ2) is 7.81. The van der Waals surface area contributed by atoms with Crippen LogP contribution in [0.2, 0.25) is 0 Å². The van der Waals surface area contributed by atoms with Crippen molar-refractivity contribution in [2.24, 2.45) is 5.11 Å². The van der Waals surface area contributed by atoms with Crippen LogP contribution < -0.4 is 5.32 Å². The third-order valence-electron chi connectivity index (χ3n) is 3.19. The summed E-state index contributed by atoms with van der Waals surface area (Å²) in [4.78, 5) is 42.0. The predicted molar refractivity (Wildman–Crippen MR) is 78.7 cm³/mol. The van der Waals surface area contributed by atoms with Crippen LogP contribution >= 0.6 is 0 Å². The van der Waals surface area contributed by atoms with Gasteiger partial charge in [-0.2, -0.15) is 0 Å². The minimum absolute atomic E-state index is 0.0163. The first-order valence-corrected chi connectivity index (χ1v) is 6.99. The molecule has 1 atom stereocenters. The van der Waals surface area contributed by atoms with E-state index in [9.17, 15) is 14.4 Å². The fraction of sp³-hybridized carbons (Fsp3) is 0.357. The lowest BCUT2D eigenvalue weighted by molar-refractivity contribution is -0.171. The number of nitrogens with zero attached hydrogens (tertiary/aromatic N) is 4. The van der Waals surface area contributed by atoms with Crippen molar-refractivity contribution in [2.45, 2.75) is 25.3 Å². The molecule has 1 aliphatic rings. The molecular formula is C14H15N5O4. The highest BCUT2D eigenvalue weighted by atomic mass is 16.7. The summed E-state index contributed by atoms with van der Waals surface area (Å²) in [6, 6.07) is 8.76. The second-order valence-corrected chi connectivity index (χ2v) is 4.91. The summed E-state index contributed by atoms with van der Waals surface area (Å²) in [7, 11) is 0. The van der Waals surface area contributed by atoms with Crippen LogP contribution in [0.5, 0.6) is 0 Å². The van der Waals surface area contributed by atoms with Gasteiger partial charge in [-0.25, -0.2) is 4.79 Å². The minimum atomic E-state index is -0.942. The SMILES string of the molecule is [N-]=[N+]=NC[C@@H](Cc1ccccc1)NC(=O)ON1C(=O)CCC1=O. The molecule has 9 nitrogen and oxygen atoms in total. The van der Waals surface area contributed by atoms with Crippen molar-refractivity contribution in [1.29, 1.82) is 0 Å². The van der Waals surface area contributed by atoms with Crippen LogP contribution in [0.4, 0.5) is 4.79 Å². The van der Waals surface area contributed by atoms with E-state index in [1.54, 1.807) is 0 Å². The topological polar surface area (TPSA) is 124 Å². The number of carbonyl (C=O) groups excluding carboxylic acids is 3. The quantitative estimate of drug-likeness (QED) is 0.371. The lowest BCUT2D eigenvalue weighted by Gasteiger charge is -2.18. The molecule has 9 heteroatoms. The lowest BCUT2D eigenvalue weighted by Crippen LogP contribution is -2.43. The molecule has 1 saturated heterocycles. The van der Waals surface area contributed by atoms with Crippen molar-refractivity contribution in [2.75, 3.05) is 6.54 Å². The van der Waals surface area contributed by atoms with Gasteiger partial charge in [-0.1, -0.05) is 35.4 Å². The number of hydrogen-bond acceptors (Lipinski definition) is 5. The Morgan fingerprint density at radius 1 is 1.30 bits per heavy atom. The summed E-state index contributed by atoms with van der Waals surface area (Å²) in [5.41, 5.74) is 9.36. The maximum Gasteiger partial charge on any atom is 0.432 e. The zero-order valence-electron chi connectivity index (χ0n) is 12.2. The monoisotopic (exact) mass is 317 g/mol. The lowest BCUT2D eigenvalue weighted by atomic mass is 10.1. The fourth-order valence-corrected chi connectivity index (χ4v) is 2.13. The molecule has 120 valence electrons. The zero-order valence-corrected chi connectivity index (χ0v) is 12.2. The van der Waals surface area contributed by atoms with E-state index in [1.165, 1.54) is 0 Å². The molecule has 23 heavy (non-hydrogen) atoms. The van der Waals surface area contributed by atoms with Gasteiger partial charge in [0.2, 0.25) is 0 Å². The van der Waals surface area contributed by atoms with Gasteiger partial charge in [0.25, 0.3) is 11.8 Å². The molecule has 0 unspecified atom stereocenters. The van der Waals surface area contributed by atoms with Crippen LogP contribution in [-0.4, -0.2) is 35.6 Å². The molecule has 1 aliphatic heterocycles. The standard InChI is InChI=1S/C14H15N5O4/c15-18-16-9-11(8-10-4-2-1-3-5-10)17-14(22)23-19-12(20)6-7-13(19)21/h1-5,11H,6-9H2,(H,17,22)/t11-/m1/s1. The van der Waals surface area contributed by atoms with Gasteiger partial charge in [0.05, 0.1) is 0 Å². The molecular weight excluding hydrogens is 302 g/mol. The first kappa shape index (κ1) is 16.3. The maximum absolute atomic E-state index is 11.8. The average molecular weight is 317 g/mol. The third-order valence-corrected chi connectivity index (χ3v) is 3.19. The summed E-state index contributed by atoms with van der Waals surface area (Å²) in [6.45, 7) is 0.0163. The van der Waals surface area contributed by atoms with Gasteiger partial charge in [0, 0.05) is 30.3 Å². The molecule has 3 amide bonds. The first-order chi connectivity index (χ1) is 11.1. The Hall–Kier alpha value is -3.06. The van der Waals surface area contributed by atoms with E-state index in [0.717, 1.165) is 5.56 Å². The van der Waals surface area contributed by atoms with Gasteiger partial charge >= 0.3 is 6.09 Å². The number of amides is 3. The molecule has 1 aromatic carbocycles. The number of benzene rings is 1. The van der Waals surface area contributed by atoms with Gasteiger partial charge in [0.15, 0.2) is 0 Å². The van der Waals surface area contributed by atoms with Crippen molar-refractivity contribution < 1.29 is 19.2 Å². The van der Waals surface area contributed by atoms with E-state index in [-0.39, 0.29) is 19.4 Å². The minimum Gasteiger partial charge on any atom is -0.316 e. The number of azide groups is 1. The van der Waals surface area contributed by atoms with Crippen LogP contribution in [0.1, 0.15) is 18.4 Å². The van der Waals surface area contributed by atoms with Gasteiger partial charge in [-0.15, -0.1) is 5.06 Å². The number of carbonyl (C=O) groups is 3. The van der Waals surface area contributed by atoms with Crippen molar-refractivity contribution in [3.05, 3.63) is 46.3 Å². The summed E-state index contributed by atoms with van der Waals surface area (Å²) in [5.74, 6) is -1.11. The number of imide groups is 1. The predicted octanol–water partition coefficient (Wildman–Crippen LogP) is 1.70. The van der Waals surface area contributed by atoms with E-state index in [4.69, 9.17) is 10.4 Å². The van der Waals surface area contributed by atoms with Gasteiger partial charge in [-0.05, 0) is 17.5 Å². The van der Waals surface area contributed by atoms with Crippen molar-refractivity contribution >= 4 is 17.9 Å². The number of nitrogens with one attached hydrogen (secondary N) is 1. The Bertz CT molecular complexity index is 626. The number of hydrogen-bond donors (Lipinski definition) is 1. The number of hydroxylamine groups is 2. The van der Waals surface area contributed by atoms with Crippen LogP contribution in [0.25, 0.3) is 10.4 Å². The average Bonchev–Trinajstić information content (AvgIpc) is 2.85. The normalized spacial score (nSPS) is 15.0. The van der Waals surface area contributed by atoms with E-state index in [2.05, 4.69) is 15.3 Å². The summed E-state index contributed by atoms with van der Waals surface area (Å²) >= 11 is 0. The number of rotatable bonds is 6. The highest BCUT2D eigenvalue weighted by Gasteiger charge is 2.33. The van der Waals surface area contributed by atoms with E-state index in [0.29, 0.717) is 11.5 Å². The molecule has 1 fully saturated rings. The van der Waals surface area contributed by atoms with E-state index >= 15 is 0 Å². The second-order valence-electron chi connectivity index (χ2n) is 4.91. The van der Waals surface area contributed by atoms with Crippen LogP contribution in [0.15, 0.2) is 35.4 Å². The van der Waals surface area contributed by atoms with Crippen molar-refractivity contribution in [3.8, 4) is 0 Å². The van der Waals surface area contributed by atoms with Gasteiger partial charge in [0.1, 0.15) is 0 Å². The molecule has 1 heterocycles. The highest BCUT2D eigenvalue weighted by Crippen LogP contribution is 2.12. The Kier molecular flexibility index (Phi) is 5.54. The highest BCUT2D eigenvalue weighted by molar-refractivity contribution is 6.01. The van der Waals surface area contributed by atoms with Crippen molar-refractivity contribution in [1.82, 2.24) is 10.4 Å². The molecule has 0 aromatic heterocycles. The summed E-state index contributed by atoms with van der Waals surface area (Å²) in [6.07, 6.45) is -0.476. The maximum atomic E-state index is 11.8. The molecule has 0 aliphatic carbocycles. The smallest absolute Gasteiger partial charge is 0.316 e. The van der Waals surface area contributed by atoms with Crippen LogP contribution in [0, 0.1) is 0 Å². The van der Waals surface area contributed by atoms with Gasteiger partial charge < -0.3 is 10.2 Å². The summed E-state index contributed by atoms with van der Waals surface area (Å²) < 4.78 is 0. The first-order valence-electron chi connectivity index (χ1n) is 6.99. The van der Waals surface area contributed by atoms with Crippen molar-refractivity contribution in [3.63, 3.8) is 0 Å². The third kappa shape index (κ3) is 4.72. The Labute approximate surface area is 131 Å². The fourth-order valence-electron chi connectivity index (χ4n) is 2.13. The Balaban J connectivity index is 1.96. The Morgan fingerprint density at radius 3 is 2.57 bits per heavy atom. The molecule has 0 bridgehead atoms. The molecule has 0 radical (unpaired) electrons.